The van der Waals surface area contributed by atoms with E-state index in [9.17, 15) is 4.79 Å². The van der Waals surface area contributed by atoms with E-state index >= 15 is 0 Å². The van der Waals surface area contributed by atoms with Crippen molar-refractivity contribution in [1.29, 1.82) is 5.26 Å². The Kier molecular flexibility index (Phi) is 3.26. The Bertz CT molecular complexity index is 421. The van der Waals surface area contributed by atoms with Crippen molar-refractivity contribution in [2.45, 2.75) is 13.3 Å². The maximum Gasteiger partial charge on any atom is 0.336 e. The third kappa shape index (κ3) is 1.78. The van der Waals surface area contributed by atoms with Crippen LogP contribution in [0.3, 0.4) is 0 Å². The maximum absolute atomic E-state index is 10.8. The second-order valence-electron chi connectivity index (χ2n) is 2.72. The normalized spacial score (nSPS) is 9.50. The van der Waals surface area contributed by atoms with E-state index in [0.717, 1.165) is 5.56 Å². The zero-order chi connectivity index (χ0) is 10.7. The minimum absolute atomic E-state index is 0.195. The van der Waals surface area contributed by atoms with Crippen molar-refractivity contribution in [3.63, 3.8) is 0 Å². The molecule has 3 nitrogen and oxygen atoms in total. The maximum atomic E-state index is 10.8. The van der Waals surface area contributed by atoms with Crippen LogP contribution in [0.5, 0.6) is 0 Å². The summed E-state index contributed by atoms with van der Waals surface area (Å²) in [5.41, 5.74) is 1.46. The average Bonchev–Trinajstić information content (AvgIpc) is 2.16. The predicted octanol–water partition coefficient (Wildman–Crippen LogP) is 2.58. The fourth-order valence-electron chi connectivity index (χ4n) is 1.24. The summed E-state index contributed by atoms with van der Waals surface area (Å²) in [4.78, 5) is 10.8. The lowest BCUT2D eigenvalue weighted by atomic mass is 10.0. The molecule has 0 atom stereocenters. The molecule has 1 aromatic carbocycles. The summed E-state index contributed by atoms with van der Waals surface area (Å²) < 4.78 is 0.506. The van der Waals surface area contributed by atoms with Gasteiger partial charge in [0.25, 0.3) is 0 Å². The third-order valence-corrected chi connectivity index (χ3v) is 2.85. The number of nitrogens with zero attached hydrogens (tertiary/aromatic N) is 1. The van der Waals surface area contributed by atoms with E-state index in [1.807, 2.05) is 13.0 Å². The number of nitriles is 1. The molecule has 72 valence electrons. The SMILES string of the molecule is CCc1c(C#N)ccc(C(=O)O)c1Br. The van der Waals surface area contributed by atoms with Gasteiger partial charge in [0.1, 0.15) is 0 Å². The first-order valence-electron chi connectivity index (χ1n) is 4.06. The number of halogens is 1. The van der Waals surface area contributed by atoms with E-state index in [1.54, 1.807) is 0 Å². The first-order chi connectivity index (χ1) is 6.61. The van der Waals surface area contributed by atoms with Crippen LogP contribution < -0.4 is 0 Å². The summed E-state index contributed by atoms with van der Waals surface area (Å²) in [6.07, 6.45) is 0.630. The Morgan fingerprint density at radius 1 is 1.64 bits per heavy atom. The topological polar surface area (TPSA) is 61.1 Å². The number of hydrogen-bond acceptors (Lipinski definition) is 2. The van der Waals surface area contributed by atoms with E-state index in [2.05, 4.69) is 15.9 Å². The predicted molar refractivity (Wildman–Crippen MR) is 55.2 cm³/mol. The van der Waals surface area contributed by atoms with Crippen molar-refractivity contribution >= 4 is 21.9 Å². The Hall–Kier alpha value is -1.34. The van der Waals surface area contributed by atoms with Gasteiger partial charge in [-0.15, -0.1) is 0 Å². The number of carbonyl (C=O) groups is 1. The van der Waals surface area contributed by atoms with Crippen LogP contribution >= 0.6 is 15.9 Å². The molecule has 0 radical (unpaired) electrons. The molecule has 0 fully saturated rings. The molecule has 0 heterocycles. The van der Waals surface area contributed by atoms with E-state index in [0.29, 0.717) is 16.5 Å². The molecule has 4 heteroatoms. The van der Waals surface area contributed by atoms with Crippen molar-refractivity contribution in [3.05, 3.63) is 33.3 Å². The lowest BCUT2D eigenvalue weighted by Gasteiger charge is -2.06. The van der Waals surface area contributed by atoms with E-state index in [-0.39, 0.29) is 5.56 Å². The van der Waals surface area contributed by atoms with Crippen molar-refractivity contribution in [3.8, 4) is 6.07 Å². The smallest absolute Gasteiger partial charge is 0.336 e. The van der Waals surface area contributed by atoms with Crippen LogP contribution in [0.4, 0.5) is 0 Å². The molecule has 0 amide bonds. The number of carboxylic acids is 1. The zero-order valence-electron chi connectivity index (χ0n) is 7.54. The molecule has 1 aromatic rings. The Balaban J connectivity index is 3.44. The molecule has 14 heavy (non-hydrogen) atoms. The van der Waals surface area contributed by atoms with Crippen LogP contribution in [-0.2, 0) is 6.42 Å². The zero-order valence-corrected chi connectivity index (χ0v) is 9.13. The van der Waals surface area contributed by atoms with Gasteiger partial charge in [0, 0.05) is 4.47 Å². The van der Waals surface area contributed by atoms with Crippen LogP contribution in [0.15, 0.2) is 16.6 Å². The Morgan fingerprint density at radius 2 is 2.29 bits per heavy atom. The molecular formula is C10H8BrNO2. The first-order valence-corrected chi connectivity index (χ1v) is 4.85. The van der Waals surface area contributed by atoms with Gasteiger partial charge >= 0.3 is 5.97 Å². The molecule has 1 N–H and O–H groups in total. The molecule has 0 bridgehead atoms. The molecule has 0 saturated carbocycles. The molecule has 0 unspecified atom stereocenters. The highest BCUT2D eigenvalue weighted by molar-refractivity contribution is 9.10. The molecule has 0 aliphatic carbocycles. The van der Waals surface area contributed by atoms with Crippen molar-refractivity contribution in [2.75, 3.05) is 0 Å². The fraction of sp³-hybridized carbons (Fsp3) is 0.200. The minimum atomic E-state index is -0.990. The molecule has 0 aromatic heterocycles. The lowest BCUT2D eigenvalue weighted by Crippen LogP contribution is -2.01. The van der Waals surface area contributed by atoms with Gasteiger partial charge in [0.15, 0.2) is 0 Å². The van der Waals surface area contributed by atoms with Crippen LogP contribution in [-0.4, -0.2) is 11.1 Å². The highest BCUT2D eigenvalue weighted by Crippen LogP contribution is 2.25. The number of hydrogen-bond donors (Lipinski definition) is 1. The summed E-state index contributed by atoms with van der Waals surface area (Å²) >= 11 is 3.20. The van der Waals surface area contributed by atoms with Gasteiger partial charge in [-0.05, 0) is 40.0 Å². The Labute approximate surface area is 90.1 Å². The number of benzene rings is 1. The van der Waals surface area contributed by atoms with Gasteiger partial charge in [0.05, 0.1) is 17.2 Å². The average molecular weight is 254 g/mol. The van der Waals surface area contributed by atoms with Gasteiger partial charge in [-0.3, -0.25) is 0 Å². The van der Waals surface area contributed by atoms with Crippen LogP contribution in [0.25, 0.3) is 0 Å². The van der Waals surface area contributed by atoms with Gasteiger partial charge < -0.3 is 5.11 Å². The van der Waals surface area contributed by atoms with Gasteiger partial charge in [-0.1, -0.05) is 6.92 Å². The highest BCUT2D eigenvalue weighted by atomic mass is 79.9. The molecule has 0 saturated heterocycles. The summed E-state index contributed by atoms with van der Waals surface area (Å²) in [6, 6.07) is 5.00. The van der Waals surface area contributed by atoms with Crippen molar-refractivity contribution < 1.29 is 9.90 Å². The molecule has 1 rings (SSSR count). The molecular weight excluding hydrogens is 246 g/mol. The summed E-state index contributed by atoms with van der Waals surface area (Å²) in [6.45, 7) is 1.88. The van der Waals surface area contributed by atoms with Crippen molar-refractivity contribution in [1.82, 2.24) is 0 Å². The van der Waals surface area contributed by atoms with Crippen LogP contribution in [0.1, 0.15) is 28.4 Å². The van der Waals surface area contributed by atoms with Crippen LogP contribution in [0.2, 0.25) is 0 Å². The Morgan fingerprint density at radius 3 is 2.71 bits per heavy atom. The summed E-state index contributed by atoms with van der Waals surface area (Å²) in [5.74, 6) is -0.990. The van der Waals surface area contributed by atoms with Gasteiger partial charge in [-0.2, -0.15) is 5.26 Å². The van der Waals surface area contributed by atoms with Crippen LogP contribution in [0, 0.1) is 11.3 Å². The molecule has 0 spiro atoms. The minimum Gasteiger partial charge on any atom is -0.478 e. The fourth-order valence-corrected chi connectivity index (χ4v) is 2.03. The first kappa shape index (κ1) is 10.7. The third-order valence-electron chi connectivity index (χ3n) is 1.95. The summed E-state index contributed by atoms with van der Waals surface area (Å²) in [7, 11) is 0. The number of carboxylic acid groups (broad SMARTS) is 1. The number of aromatic carboxylic acids is 1. The van der Waals surface area contributed by atoms with Crippen molar-refractivity contribution in [2.24, 2.45) is 0 Å². The molecule has 0 aliphatic rings. The summed E-state index contributed by atoms with van der Waals surface area (Å²) in [5, 5.41) is 17.6. The van der Waals surface area contributed by atoms with E-state index in [4.69, 9.17) is 10.4 Å². The highest BCUT2D eigenvalue weighted by Gasteiger charge is 2.13. The quantitative estimate of drug-likeness (QED) is 0.882. The largest absolute Gasteiger partial charge is 0.478 e. The molecule has 0 aliphatic heterocycles. The monoisotopic (exact) mass is 253 g/mol. The van der Waals surface area contributed by atoms with E-state index in [1.165, 1.54) is 12.1 Å². The number of rotatable bonds is 2. The lowest BCUT2D eigenvalue weighted by molar-refractivity contribution is 0.0696. The second kappa shape index (κ2) is 4.25. The van der Waals surface area contributed by atoms with Gasteiger partial charge in [-0.25, -0.2) is 4.79 Å². The van der Waals surface area contributed by atoms with E-state index < -0.39 is 5.97 Å². The standard InChI is InChI=1S/C10H8BrNO2/c1-2-7-6(5-12)3-4-8(9(7)11)10(13)14/h3-4H,2H2,1H3,(H,13,14). The second-order valence-corrected chi connectivity index (χ2v) is 3.52. The van der Waals surface area contributed by atoms with Gasteiger partial charge in [0.2, 0.25) is 0 Å².